The fraction of sp³-hybridized carbons (Fsp3) is 0.217. The fourth-order valence-corrected chi connectivity index (χ4v) is 3.13. The topological polar surface area (TPSA) is 35.6 Å². The van der Waals surface area contributed by atoms with E-state index in [9.17, 15) is 26.3 Å². The summed E-state index contributed by atoms with van der Waals surface area (Å²) >= 11 is 0. The Morgan fingerprint density at radius 2 is 1.06 bits per heavy atom. The molecule has 2 heterocycles. The predicted octanol–water partition coefficient (Wildman–Crippen LogP) is 5.62. The van der Waals surface area contributed by atoms with Crippen molar-refractivity contribution in [1.82, 2.24) is 19.6 Å². The van der Waals surface area contributed by atoms with Crippen molar-refractivity contribution in [3.8, 4) is 11.4 Å². The largest absolute Gasteiger partial charge is 4.00 e. The van der Waals surface area contributed by atoms with E-state index >= 15 is 0 Å². The van der Waals surface area contributed by atoms with Gasteiger partial charge in [-0.3, -0.25) is 10.2 Å². The van der Waals surface area contributed by atoms with Crippen LogP contribution in [0, 0.1) is 24.5 Å². The minimum atomic E-state index is -4.59. The molecular formula is C23H14F6N4Pt. The molecule has 0 saturated heterocycles. The maximum atomic E-state index is 12.9. The van der Waals surface area contributed by atoms with Gasteiger partial charge >= 0.3 is 33.4 Å². The van der Waals surface area contributed by atoms with Crippen molar-refractivity contribution in [1.29, 1.82) is 0 Å². The summed E-state index contributed by atoms with van der Waals surface area (Å²) in [7, 11) is 0. The summed E-state index contributed by atoms with van der Waals surface area (Å²) in [5.74, 6) is 0. The Bertz CT molecular complexity index is 1190. The quantitative estimate of drug-likeness (QED) is 0.212. The number of nitrogens with zero attached hydrogens (tertiary/aromatic N) is 4. The van der Waals surface area contributed by atoms with E-state index in [1.165, 1.54) is 0 Å². The zero-order valence-corrected chi connectivity index (χ0v) is 19.8. The van der Waals surface area contributed by atoms with Gasteiger partial charge in [0.1, 0.15) is 0 Å². The van der Waals surface area contributed by atoms with Gasteiger partial charge in [0.05, 0.1) is 11.4 Å². The smallest absolute Gasteiger partial charge is 0.384 e. The van der Waals surface area contributed by atoms with Gasteiger partial charge in [-0.25, -0.2) is 24.3 Å². The molecule has 0 amide bonds. The van der Waals surface area contributed by atoms with Crippen molar-refractivity contribution in [2.75, 3.05) is 0 Å². The van der Waals surface area contributed by atoms with Crippen molar-refractivity contribution >= 4 is 0 Å². The normalized spacial score (nSPS) is 12.5. The predicted molar refractivity (Wildman–Crippen MR) is 105 cm³/mol. The van der Waals surface area contributed by atoms with Crippen LogP contribution >= 0.6 is 0 Å². The van der Waals surface area contributed by atoms with Gasteiger partial charge in [0.15, 0.2) is 0 Å². The van der Waals surface area contributed by atoms with Crippen LogP contribution in [0.1, 0.15) is 36.4 Å². The molecule has 2 aromatic heterocycles. The molecule has 4 rings (SSSR count). The zero-order chi connectivity index (χ0) is 24.0. The van der Waals surface area contributed by atoms with Crippen molar-refractivity contribution in [3.63, 3.8) is 0 Å². The molecule has 0 atom stereocenters. The van der Waals surface area contributed by atoms with Gasteiger partial charge in [-0.15, -0.1) is 12.1 Å². The molecule has 0 radical (unpaired) electrons. The monoisotopic (exact) mass is 655 g/mol. The molecule has 4 aromatic rings. The van der Waals surface area contributed by atoms with E-state index in [0.29, 0.717) is 11.1 Å². The molecule has 0 aliphatic heterocycles. The first kappa shape index (κ1) is 25.7. The van der Waals surface area contributed by atoms with E-state index in [-0.39, 0.29) is 32.4 Å². The number of benzene rings is 2. The van der Waals surface area contributed by atoms with Gasteiger partial charge in [0.2, 0.25) is 0 Å². The maximum Gasteiger partial charge on any atom is 4.00 e. The van der Waals surface area contributed by atoms with E-state index in [1.807, 2.05) is 13.8 Å². The van der Waals surface area contributed by atoms with Crippen molar-refractivity contribution in [2.45, 2.75) is 31.6 Å². The van der Waals surface area contributed by atoms with Crippen LogP contribution < -0.4 is 0 Å². The third kappa shape index (κ3) is 5.11. The Labute approximate surface area is 205 Å². The van der Waals surface area contributed by atoms with Crippen LogP contribution in [-0.4, -0.2) is 19.6 Å². The molecule has 178 valence electrons. The molecule has 34 heavy (non-hydrogen) atoms. The van der Waals surface area contributed by atoms with Crippen LogP contribution in [0.2, 0.25) is 0 Å². The van der Waals surface area contributed by atoms with Gasteiger partial charge in [0, 0.05) is 0 Å². The number of alkyl halides is 6. The summed E-state index contributed by atoms with van der Waals surface area (Å²) in [6.45, 7) is 3.67. The molecule has 0 aliphatic carbocycles. The summed E-state index contributed by atoms with van der Waals surface area (Å²) in [5, 5.41) is 7.03. The standard InChI is InChI=1S/C23H14F6N4.Pt/c1-21(2,15-5-3-7-17(13-15)32-11-9-19(30-32)22(24,25)26)16-6-4-8-18(14-16)33-12-10-20(31-33)23(27,28)29;/h3-10H,1-2H3;/q-4;+4. The second-order valence-corrected chi connectivity index (χ2v) is 7.66. The summed E-state index contributed by atoms with van der Waals surface area (Å²) in [5.41, 5.74) is -1.19. The molecular weight excluding hydrogens is 641 g/mol. The fourth-order valence-electron chi connectivity index (χ4n) is 3.13. The molecule has 0 bridgehead atoms. The first-order valence-corrected chi connectivity index (χ1v) is 9.52. The average Bonchev–Trinajstić information content (AvgIpc) is 3.44. The molecule has 0 N–H and O–H groups in total. The van der Waals surface area contributed by atoms with Crippen LogP contribution in [0.25, 0.3) is 11.4 Å². The third-order valence-electron chi connectivity index (χ3n) is 5.01. The van der Waals surface area contributed by atoms with E-state index in [2.05, 4.69) is 34.7 Å². The first-order valence-electron chi connectivity index (χ1n) is 9.52. The summed E-state index contributed by atoms with van der Waals surface area (Å²) < 4.78 is 79.1. The Morgan fingerprint density at radius 3 is 1.38 bits per heavy atom. The Balaban J connectivity index is 0.00000324. The van der Waals surface area contributed by atoms with E-state index < -0.39 is 29.2 Å². The number of hydrogen-bond donors (Lipinski definition) is 0. The van der Waals surface area contributed by atoms with Crippen LogP contribution in [0.5, 0.6) is 0 Å². The summed E-state index contributed by atoms with van der Waals surface area (Å²) in [6, 6.07) is 17.4. The Hall–Kier alpha value is -2.87. The van der Waals surface area contributed by atoms with Crippen LogP contribution in [0.15, 0.2) is 48.5 Å². The van der Waals surface area contributed by atoms with Gasteiger partial charge in [0.25, 0.3) is 0 Å². The molecule has 0 unspecified atom stereocenters. The second-order valence-electron chi connectivity index (χ2n) is 7.66. The number of hydrogen-bond acceptors (Lipinski definition) is 2. The minimum Gasteiger partial charge on any atom is -0.384 e. The minimum absolute atomic E-state index is 0. The van der Waals surface area contributed by atoms with E-state index in [0.717, 1.165) is 21.5 Å². The van der Waals surface area contributed by atoms with Gasteiger partial charge in [-0.2, -0.15) is 73.1 Å². The molecule has 4 nitrogen and oxygen atoms in total. The van der Waals surface area contributed by atoms with Crippen molar-refractivity contribution in [2.24, 2.45) is 0 Å². The van der Waals surface area contributed by atoms with Crippen LogP contribution in [-0.2, 0) is 38.8 Å². The summed E-state index contributed by atoms with van der Waals surface area (Å²) in [4.78, 5) is 0. The number of aromatic nitrogens is 4. The third-order valence-corrected chi connectivity index (χ3v) is 5.01. The van der Waals surface area contributed by atoms with Crippen LogP contribution in [0.3, 0.4) is 0 Å². The molecule has 0 aliphatic rings. The van der Waals surface area contributed by atoms with Gasteiger partial charge < -0.3 is 9.36 Å². The van der Waals surface area contributed by atoms with Crippen molar-refractivity contribution in [3.05, 3.63) is 95.6 Å². The van der Waals surface area contributed by atoms with E-state index in [1.54, 1.807) is 36.4 Å². The second kappa shape index (κ2) is 9.06. The average molecular weight is 655 g/mol. The summed E-state index contributed by atoms with van der Waals surface area (Å²) in [6.07, 6.45) is -4.33. The first-order chi connectivity index (χ1) is 15.4. The number of rotatable bonds is 4. The number of halogens is 6. The Morgan fingerprint density at radius 1 is 0.676 bits per heavy atom. The van der Waals surface area contributed by atoms with E-state index in [4.69, 9.17) is 0 Å². The Kier molecular flexibility index (Phi) is 6.86. The van der Waals surface area contributed by atoms with Crippen molar-refractivity contribution < 1.29 is 47.4 Å². The zero-order valence-electron chi connectivity index (χ0n) is 17.5. The van der Waals surface area contributed by atoms with Gasteiger partial charge in [-0.05, 0) is 5.41 Å². The molecule has 2 aromatic carbocycles. The molecule has 0 fully saturated rings. The van der Waals surface area contributed by atoms with Crippen LogP contribution in [0.4, 0.5) is 26.3 Å². The molecule has 0 spiro atoms. The maximum absolute atomic E-state index is 12.9. The van der Waals surface area contributed by atoms with Gasteiger partial charge in [-0.1, -0.05) is 26.2 Å². The molecule has 11 heteroatoms. The SMILES string of the molecule is CC(C)(c1[c-]c(-n2[c-]cc(C(F)(F)F)n2)ccc1)c1[c-]c(-n2[c-]cc(C(F)(F)F)n2)ccc1.[Pt+4]. The molecule has 0 saturated carbocycles.